The van der Waals surface area contributed by atoms with E-state index >= 15 is 0 Å². The van der Waals surface area contributed by atoms with Crippen LogP contribution in [0, 0.1) is 13.8 Å². The van der Waals surface area contributed by atoms with Crippen molar-refractivity contribution in [3.63, 3.8) is 0 Å². The molecule has 4 atom stereocenters. The Morgan fingerprint density at radius 1 is 1.38 bits per heavy atom. The van der Waals surface area contributed by atoms with Crippen LogP contribution in [0.1, 0.15) is 30.4 Å². The first-order valence-corrected chi connectivity index (χ1v) is 7.89. The first-order valence-electron chi connectivity index (χ1n) is 7.89. The van der Waals surface area contributed by atoms with E-state index in [4.69, 9.17) is 9.47 Å². The van der Waals surface area contributed by atoms with Crippen molar-refractivity contribution in [2.24, 2.45) is 0 Å². The lowest BCUT2D eigenvalue weighted by Crippen LogP contribution is -2.42. The summed E-state index contributed by atoms with van der Waals surface area (Å²) in [5.41, 5.74) is 2.33. The highest BCUT2D eigenvalue weighted by Crippen LogP contribution is 2.34. The van der Waals surface area contributed by atoms with E-state index in [1.54, 1.807) is 0 Å². The number of benzene rings is 1. The molecular weight excluding hydrogens is 266 g/mol. The van der Waals surface area contributed by atoms with Crippen LogP contribution in [0.3, 0.4) is 0 Å². The van der Waals surface area contributed by atoms with Crippen molar-refractivity contribution in [1.29, 1.82) is 0 Å². The SMILES string of the molecule is Cc1ccc(OCC(O)CNC2CC3CCC2O3)c(C)c1. The summed E-state index contributed by atoms with van der Waals surface area (Å²) in [5.74, 6) is 0.850. The highest BCUT2D eigenvalue weighted by atomic mass is 16.5. The van der Waals surface area contributed by atoms with E-state index in [9.17, 15) is 5.11 Å². The summed E-state index contributed by atoms with van der Waals surface area (Å²) in [4.78, 5) is 0. The molecule has 0 aromatic heterocycles. The molecule has 2 heterocycles. The zero-order valence-corrected chi connectivity index (χ0v) is 12.8. The summed E-state index contributed by atoms with van der Waals surface area (Å²) in [6.45, 7) is 4.97. The minimum atomic E-state index is -0.496. The van der Waals surface area contributed by atoms with Gasteiger partial charge in [0, 0.05) is 12.6 Å². The first kappa shape index (κ1) is 14.8. The molecule has 1 aromatic carbocycles. The number of nitrogens with one attached hydrogen (secondary N) is 1. The maximum Gasteiger partial charge on any atom is 0.122 e. The molecule has 4 nitrogen and oxygen atoms in total. The number of rotatable bonds is 6. The van der Waals surface area contributed by atoms with Crippen LogP contribution in [0.25, 0.3) is 0 Å². The van der Waals surface area contributed by atoms with Gasteiger partial charge in [0.1, 0.15) is 18.5 Å². The Bertz CT molecular complexity index is 491. The fourth-order valence-corrected chi connectivity index (χ4v) is 3.35. The third-order valence-electron chi connectivity index (χ3n) is 4.48. The minimum absolute atomic E-state index is 0.318. The largest absolute Gasteiger partial charge is 0.491 e. The highest BCUT2D eigenvalue weighted by molar-refractivity contribution is 5.35. The molecule has 116 valence electrons. The smallest absolute Gasteiger partial charge is 0.122 e. The lowest BCUT2D eigenvalue weighted by Gasteiger charge is -2.22. The molecule has 1 aromatic rings. The van der Waals surface area contributed by atoms with Gasteiger partial charge >= 0.3 is 0 Å². The summed E-state index contributed by atoms with van der Waals surface area (Å²) in [6.07, 6.45) is 3.72. The molecule has 3 rings (SSSR count). The Balaban J connectivity index is 1.41. The van der Waals surface area contributed by atoms with Crippen molar-refractivity contribution in [3.8, 4) is 5.75 Å². The van der Waals surface area contributed by atoms with Gasteiger partial charge in [0.2, 0.25) is 0 Å². The van der Waals surface area contributed by atoms with Gasteiger partial charge in [0.15, 0.2) is 0 Å². The quantitative estimate of drug-likeness (QED) is 0.841. The average Bonchev–Trinajstić information content (AvgIpc) is 3.06. The molecule has 2 aliphatic rings. The number of hydrogen-bond donors (Lipinski definition) is 2. The highest BCUT2D eigenvalue weighted by Gasteiger charge is 2.40. The Morgan fingerprint density at radius 2 is 2.24 bits per heavy atom. The van der Waals surface area contributed by atoms with E-state index in [1.807, 2.05) is 19.1 Å². The van der Waals surface area contributed by atoms with Gasteiger partial charge in [0.25, 0.3) is 0 Å². The Morgan fingerprint density at radius 3 is 2.90 bits per heavy atom. The van der Waals surface area contributed by atoms with E-state index in [2.05, 4.69) is 18.3 Å². The second-order valence-corrected chi connectivity index (χ2v) is 6.36. The Labute approximate surface area is 126 Å². The van der Waals surface area contributed by atoms with Gasteiger partial charge < -0.3 is 19.9 Å². The Hall–Kier alpha value is -1.10. The molecule has 0 saturated carbocycles. The van der Waals surface area contributed by atoms with Crippen LogP contribution in [-0.4, -0.2) is 42.6 Å². The average molecular weight is 291 g/mol. The summed E-state index contributed by atoms with van der Waals surface area (Å²) in [6, 6.07) is 6.49. The zero-order valence-electron chi connectivity index (χ0n) is 12.8. The number of fused-ring (bicyclic) bond motifs is 2. The number of ether oxygens (including phenoxy) is 2. The molecule has 4 heteroatoms. The predicted molar refractivity (Wildman–Crippen MR) is 81.7 cm³/mol. The molecule has 0 aliphatic carbocycles. The van der Waals surface area contributed by atoms with Crippen LogP contribution >= 0.6 is 0 Å². The lowest BCUT2D eigenvalue weighted by molar-refractivity contribution is 0.0852. The van der Waals surface area contributed by atoms with Crippen molar-refractivity contribution in [2.45, 2.75) is 57.5 Å². The summed E-state index contributed by atoms with van der Waals surface area (Å²) in [5, 5.41) is 13.5. The van der Waals surface area contributed by atoms with E-state index in [-0.39, 0.29) is 0 Å². The number of aliphatic hydroxyl groups excluding tert-OH is 1. The summed E-state index contributed by atoms with van der Waals surface area (Å²) in [7, 11) is 0. The predicted octanol–water partition coefficient (Wildman–Crippen LogP) is 1.95. The van der Waals surface area contributed by atoms with Gasteiger partial charge in [0.05, 0.1) is 12.2 Å². The number of hydrogen-bond acceptors (Lipinski definition) is 4. The third kappa shape index (κ3) is 3.57. The molecule has 0 radical (unpaired) electrons. The molecule has 21 heavy (non-hydrogen) atoms. The molecule has 2 bridgehead atoms. The van der Waals surface area contributed by atoms with E-state index in [1.165, 1.54) is 12.0 Å². The molecule has 0 spiro atoms. The molecule has 0 amide bonds. The van der Waals surface area contributed by atoms with Gasteiger partial charge in [-0.25, -0.2) is 0 Å². The molecule has 4 unspecified atom stereocenters. The monoisotopic (exact) mass is 291 g/mol. The van der Waals surface area contributed by atoms with Crippen molar-refractivity contribution in [1.82, 2.24) is 5.32 Å². The second-order valence-electron chi connectivity index (χ2n) is 6.36. The van der Waals surface area contributed by atoms with E-state index in [0.29, 0.717) is 31.4 Å². The lowest BCUT2D eigenvalue weighted by atomic mass is 9.95. The van der Waals surface area contributed by atoms with Crippen LogP contribution in [0.2, 0.25) is 0 Å². The van der Waals surface area contributed by atoms with Gasteiger partial charge in [-0.1, -0.05) is 17.7 Å². The van der Waals surface area contributed by atoms with Gasteiger partial charge in [-0.3, -0.25) is 0 Å². The van der Waals surface area contributed by atoms with Crippen molar-refractivity contribution in [2.75, 3.05) is 13.2 Å². The molecule has 2 fully saturated rings. The summed E-state index contributed by atoms with van der Waals surface area (Å²) < 4.78 is 11.5. The zero-order chi connectivity index (χ0) is 14.8. The van der Waals surface area contributed by atoms with E-state index < -0.39 is 6.10 Å². The van der Waals surface area contributed by atoms with Crippen molar-refractivity contribution < 1.29 is 14.6 Å². The Kier molecular flexibility index (Phi) is 4.48. The van der Waals surface area contributed by atoms with Crippen LogP contribution < -0.4 is 10.1 Å². The molecular formula is C17H25NO3. The standard InChI is InChI=1S/C17H25NO3/c1-11-3-5-16(12(2)7-11)20-10-13(19)9-18-15-8-14-4-6-17(15)21-14/h3,5,7,13-15,17-19H,4,6,8-10H2,1-2H3. The van der Waals surface area contributed by atoms with Gasteiger partial charge in [-0.15, -0.1) is 0 Å². The maximum atomic E-state index is 10.1. The van der Waals surface area contributed by atoms with Crippen molar-refractivity contribution >= 4 is 0 Å². The molecule has 2 aliphatic heterocycles. The minimum Gasteiger partial charge on any atom is -0.491 e. The fourth-order valence-electron chi connectivity index (χ4n) is 3.35. The van der Waals surface area contributed by atoms with Crippen LogP contribution in [0.5, 0.6) is 5.75 Å². The normalized spacial score (nSPS) is 28.8. The van der Waals surface area contributed by atoms with Crippen LogP contribution in [0.15, 0.2) is 18.2 Å². The first-order chi connectivity index (χ1) is 10.1. The number of aliphatic hydroxyl groups is 1. The van der Waals surface area contributed by atoms with Gasteiger partial charge in [-0.2, -0.15) is 0 Å². The third-order valence-corrected chi connectivity index (χ3v) is 4.48. The van der Waals surface area contributed by atoms with Gasteiger partial charge in [-0.05, 0) is 44.7 Å². The number of aryl methyl sites for hydroxylation is 2. The summed E-state index contributed by atoms with van der Waals surface area (Å²) >= 11 is 0. The van der Waals surface area contributed by atoms with Crippen molar-refractivity contribution in [3.05, 3.63) is 29.3 Å². The fraction of sp³-hybridized carbons (Fsp3) is 0.647. The molecule has 2 N–H and O–H groups in total. The molecule has 2 saturated heterocycles. The second kappa shape index (κ2) is 6.34. The van der Waals surface area contributed by atoms with E-state index in [0.717, 1.165) is 24.2 Å². The van der Waals surface area contributed by atoms with Crippen LogP contribution in [0.4, 0.5) is 0 Å². The maximum absolute atomic E-state index is 10.1. The topological polar surface area (TPSA) is 50.7 Å². The van der Waals surface area contributed by atoms with Crippen LogP contribution in [-0.2, 0) is 4.74 Å².